The van der Waals surface area contributed by atoms with Crippen molar-refractivity contribution < 1.29 is 9.53 Å². The van der Waals surface area contributed by atoms with Gasteiger partial charge in [0.2, 0.25) is 11.0 Å². The molecule has 94 valence electrons. The zero-order valence-electron chi connectivity index (χ0n) is 9.97. The number of methoxy groups -OCH3 is 1. The summed E-state index contributed by atoms with van der Waals surface area (Å²) >= 11 is 1.38. The van der Waals surface area contributed by atoms with Gasteiger partial charge in [0.1, 0.15) is 5.82 Å². The van der Waals surface area contributed by atoms with Crippen LogP contribution in [0.15, 0.2) is 0 Å². The predicted molar refractivity (Wildman–Crippen MR) is 65.3 cm³/mol. The number of anilines is 1. The maximum atomic E-state index is 11.3. The Morgan fingerprint density at radius 1 is 1.65 bits per heavy atom. The molecule has 1 aliphatic heterocycles. The third-order valence-corrected chi connectivity index (χ3v) is 3.57. The van der Waals surface area contributed by atoms with Crippen molar-refractivity contribution in [2.45, 2.75) is 6.42 Å². The van der Waals surface area contributed by atoms with Gasteiger partial charge in [0.25, 0.3) is 0 Å². The lowest BCUT2D eigenvalue weighted by Gasteiger charge is -2.37. The van der Waals surface area contributed by atoms with Crippen molar-refractivity contribution in [1.82, 2.24) is 14.7 Å². The van der Waals surface area contributed by atoms with Gasteiger partial charge >= 0.3 is 0 Å². The maximum Gasteiger partial charge on any atom is 0.226 e. The van der Waals surface area contributed by atoms with Crippen LogP contribution in [0.3, 0.4) is 0 Å². The molecule has 0 radical (unpaired) electrons. The highest BCUT2D eigenvalue weighted by Crippen LogP contribution is 2.26. The Hall–Kier alpha value is -1.21. The third-order valence-electron chi connectivity index (χ3n) is 2.76. The average molecular weight is 256 g/mol. The summed E-state index contributed by atoms with van der Waals surface area (Å²) in [5.41, 5.74) is 0. The minimum Gasteiger partial charge on any atom is -0.384 e. The van der Waals surface area contributed by atoms with E-state index >= 15 is 0 Å². The van der Waals surface area contributed by atoms with Gasteiger partial charge in [-0.05, 0) is 0 Å². The van der Waals surface area contributed by atoms with Gasteiger partial charge < -0.3 is 15.0 Å². The molecular weight excluding hydrogens is 240 g/mol. The van der Waals surface area contributed by atoms with Crippen LogP contribution >= 0.6 is 11.5 Å². The van der Waals surface area contributed by atoms with E-state index in [2.05, 4.69) is 19.6 Å². The highest BCUT2D eigenvalue weighted by atomic mass is 32.1. The van der Waals surface area contributed by atoms with E-state index in [1.165, 1.54) is 11.5 Å². The molecule has 0 atom stereocenters. The highest BCUT2D eigenvalue weighted by molar-refractivity contribution is 7.09. The van der Waals surface area contributed by atoms with E-state index in [0.29, 0.717) is 6.61 Å². The smallest absolute Gasteiger partial charge is 0.226 e. The fraction of sp³-hybridized carbons (Fsp3) is 0.700. The SMILES string of the molecule is CNC(=O)C1CN(c2nc(CCOC)ns2)C1. The summed E-state index contributed by atoms with van der Waals surface area (Å²) in [5.74, 6) is 1.01. The Morgan fingerprint density at radius 2 is 2.41 bits per heavy atom. The number of aromatic nitrogens is 2. The first-order valence-corrected chi connectivity index (χ1v) is 6.30. The van der Waals surface area contributed by atoms with Crippen molar-refractivity contribution in [3.63, 3.8) is 0 Å². The molecule has 1 saturated heterocycles. The summed E-state index contributed by atoms with van der Waals surface area (Å²) in [6.07, 6.45) is 0.736. The van der Waals surface area contributed by atoms with E-state index in [9.17, 15) is 4.79 Å². The topological polar surface area (TPSA) is 67.4 Å². The minimum absolute atomic E-state index is 0.0892. The van der Waals surface area contributed by atoms with Crippen molar-refractivity contribution in [2.24, 2.45) is 5.92 Å². The van der Waals surface area contributed by atoms with Gasteiger partial charge in [-0.1, -0.05) is 0 Å². The van der Waals surface area contributed by atoms with Gasteiger partial charge in [-0.15, -0.1) is 0 Å². The second-order valence-electron chi connectivity index (χ2n) is 3.95. The van der Waals surface area contributed by atoms with Crippen LogP contribution in [-0.4, -0.2) is 49.1 Å². The molecule has 0 bridgehead atoms. The first-order chi connectivity index (χ1) is 8.24. The van der Waals surface area contributed by atoms with Crippen LogP contribution in [0.2, 0.25) is 0 Å². The fourth-order valence-corrected chi connectivity index (χ4v) is 2.40. The lowest BCUT2D eigenvalue weighted by Crippen LogP contribution is -2.53. The normalized spacial score (nSPS) is 15.8. The molecule has 0 aromatic carbocycles. The van der Waals surface area contributed by atoms with Gasteiger partial charge in [0.15, 0.2) is 0 Å². The molecule has 0 saturated carbocycles. The molecule has 1 aliphatic rings. The van der Waals surface area contributed by atoms with Crippen LogP contribution in [0, 0.1) is 5.92 Å². The summed E-state index contributed by atoms with van der Waals surface area (Å²) in [4.78, 5) is 17.8. The van der Waals surface area contributed by atoms with Crippen LogP contribution in [0.1, 0.15) is 5.82 Å². The molecule has 6 nitrogen and oxygen atoms in total. The number of hydrogen-bond acceptors (Lipinski definition) is 6. The molecule has 2 heterocycles. The molecule has 0 spiro atoms. The Kier molecular flexibility index (Phi) is 3.90. The van der Waals surface area contributed by atoms with Gasteiger partial charge in [-0.3, -0.25) is 4.79 Å². The number of hydrogen-bond donors (Lipinski definition) is 1. The molecule has 1 N–H and O–H groups in total. The first-order valence-electron chi connectivity index (χ1n) is 5.52. The van der Waals surface area contributed by atoms with E-state index in [-0.39, 0.29) is 11.8 Å². The lowest BCUT2D eigenvalue weighted by molar-refractivity contribution is -0.125. The van der Waals surface area contributed by atoms with Gasteiger partial charge in [0, 0.05) is 45.2 Å². The molecule has 1 amide bonds. The molecule has 0 unspecified atom stereocenters. The van der Waals surface area contributed by atoms with Gasteiger partial charge in [-0.2, -0.15) is 4.37 Å². The number of carbonyl (C=O) groups is 1. The van der Waals surface area contributed by atoms with Crippen molar-refractivity contribution in [3.8, 4) is 0 Å². The zero-order valence-corrected chi connectivity index (χ0v) is 10.8. The van der Waals surface area contributed by atoms with Gasteiger partial charge in [-0.25, -0.2) is 4.98 Å². The van der Waals surface area contributed by atoms with E-state index in [0.717, 1.165) is 30.5 Å². The molecule has 1 aromatic heterocycles. The summed E-state index contributed by atoms with van der Waals surface area (Å²) < 4.78 is 9.23. The molecule has 17 heavy (non-hydrogen) atoms. The predicted octanol–water partition coefficient (Wildman–Crippen LogP) is -0.0908. The third kappa shape index (κ3) is 2.73. The summed E-state index contributed by atoms with van der Waals surface area (Å²) in [7, 11) is 3.33. The Bertz CT molecular complexity index is 389. The molecule has 1 aromatic rings. The Morgan fingerprint density at radius 3 is 3.06 bits per heavy atom. The molecule has 1 fully saturated rings. The first kappa shape index (κ1) is 12.3. The Balaban J connectivity index is 1.84. The van der Waals surface area contributed by atoms with E-state index < -0.39 is 0 Å². The Labute approximate surface area is 104 Å². The lowest BCUT2D eigenvalue weighted by atomic mass is 10.0. The summed E-state index contributed by atoms with van der Waals surface area (Å²) in [5, 5.41) is 3.56. The molecule has 0 aliphatic carbocycles. The van der Waals surface area contributed by atoms with E-state index in [1.807, 2.05) is 0 Å². The van der Waals surface area contributed by atoms with Crippen LogP contribution in [0.4, 0.5) is 5.13 Å². The van der Waals surface area contributed by atoms with Crippen molar-refractivity contribution in [2.75, 3.05) is 38.8 Å². The van der Waals surface area contributed by atoms with E-state index in [1.54, 1.807) is 14.2 Å². The average Bonchev–Trinajstić information content (AvgIpc) is 2.72. The van der Waals surface area contributed by atoms with Crippen molar-refractivity contribution in [1.29, 1.82) is 0 Å². The fourth-order valence-electron chi connectivity index (χ4n) is 1.67. The second-order valence-corrected chi connectivity index (χ2v) is 4.68. The number of amides is 1. The highest BCUT2D eigenvalue weighted by Gasteiger charge is 2.33. The molecule has 7 heteroatoms. The largest absolute Gasteiger partial charge is 0.384 e. The number of ether oxygens (including phenoxy) is 1. The standard InChI is InChI=1S/C10H16N4O2S/c1-11-9(15)7-5-14(6-7)10-12-8(13-17-10)3-4-16-2/h7H,3-6H2,1-2H3,(H,11,15). The maximum absolute atomic E-state index is 11.3. The van der Waals surface area contributed by atoms with Crippen LogP contribution in [0.25, 0.3) is 0 Å². The number of carbonyl (C=O) groups excluding carboxylic acids is 1. The van der Waals surface area contributed by atoms with Crippen LogP contribution in [0.5, 0.6) is 0 Å². The zero-order chi connectivity index (χ0) is 12.3. The van der Waals surface area contributed by atoms with Crippen molar-refractivity contribution >= 4 is 22.6 Å². The van der Waals surface area contributed by atoms with E-state index in [4.69, 9.17) is 4.74 Å². The molecule has 2 rings (SSSR count). The quantitative estimate of drug-likeness (QED) is 0.797. The number of nitrogens with one attached hydrogen (secondary N) is 1. The van der Waals surface area contributed by atoms with Crippen LogP contribution < -0.4 is 10.2 Å². The number of rotatable bonds is 5. The minimum atomic E-state index is 0.0892. The van der Waals surface area contributed by atoms with Crippen LogP contribution in [-0.2, 0) is 16.0 Å². The molecular formula is C10H16N4O2S. The number of nitrogens with zero attached hydrogens (tertiary/aromatic N) is 3. The van der Waals surface area contributed by atoms with Gasteiger partial charge in [0.05, 0.1) is 12.5 Å². The summed E-state index contributed by atoms with van der Waals surface area (Å²) in [6.45, 7) is 2.11. The second kappa shape index (κ2) is 5.42. The monoisotopic (exact) mass is 256 g/mol. The van der Waals surface area contributed by atoms with Crippen molar-refractivity contribution in [3.05, 3.63) is 5.82 Å². The summed E-state index contributed by atoms with van der Waals surface area (Å²) in [6, 6.07) is 0.